The summed E-state index contributed by atoms with van der Waals surface area (Å²) >= 11 is 0. The SMILES string of the molecule is NC(=O)[N]S(=O)(=O)Cl. The van der Waals surface area contributed by atoms with Gasteiger partial charge in [0.2, 0.25) is 0 Å². The van der Waals surface area contributed by atoms with Gasteiger partial charge in [0, 0.05) is 10.7 Å². The molecule has 5 nitrogen and oxygen atoms in total. The summed E-state index contributed by atoms with van der Waals surface area (Å²) in [6.07, 6.45) is 0. The first kappa shape index (κ1) is 7.51. The summed E-state index contributed by atoms with van der Waals surface area (Å²) in [7, 11) is 0.332. The second kappa shape index (κ2) is 2.19. The molecule has 1 radical (unpaired) electrons. The van der Waals surface area contributed by atoms with Gasteiger partial charge in [-0.05, 0) is 0 Å². The molecule has 0 aromatic heterocycles. The van der Waals surface area contributed by atoms with Gasteiger partial charge in [-0.2, -0.15) is 8.42 Å². The van der Waals surface area contributed by atoms with Gasteiger partial charge in [0.25, 0.3) is 0 Å². The van der Waals surface area contributed by atoms with Crippen molar-refractivity contribution in [2.75, 3.05) is 0 Å². The molecule has 0 aliphatic rings. The van der Waals surface area contributed by atoms with Gasteiger partial charge >= 0.3 is 15.3 Å². The zero-order chi connectivity index (χ0) is 6.78. The van der Waals surface area contributed by atoms with Crippen LogP contribution in [0, 0.1) is 0 Å². The van der Waals surface area contributed by atoms with E-state index in [1.54, 1.807) is 0 Å². The van der Waals surface area contributed by atoms with Crippen molar-refractivity contribution < 1.29 is 13.2 Å². The number of primary amides is 1. The normalized spacial score (nSPS) is 10.6. The maximum atomic E-state index is 9.74. The predicted molar refractivity (Wildman–Crippen MR) is 26.5 cm³/mol. The third-order valence-corrected chi connectivity index (χ3v) is 0.804. The summed E-state index contributed by atoms with van der Waals surface area (Å²) in [6.45, 7) is 0. The molecule has 7 heteroatoms. The molecule has 2 amide bonds. The van der Waals surface area contributed by atoms with Gasteiger partial charge in [-0.1, -0.05) is 4.72 Å². The number of halogens is 1. The number of hydrogen-bond donors (Lipinski definition) is 1. The molecule has 0 atom stereocenters. The molecule has 0 bridgehead atoms. The first-order chi connectivity index (χ1) is 3.42. The van der Waals surface area contributed by atoms with E-state index in [-0.39, 0.29) is 0 Å². The molecule has 8 heavy (non-hydrogen) atoms. The van der Waals surface area contributed by atoms with Crippen molar-refractivity contribution >= 4 is 26.0 Å². The molecule has 0 saturated carbocycles. The molecule has 0 aliphatic carbocycles. The van der Waals surface area contributed by atoms with Gasteiger partial charge in [-0.25, -0.2) is 4.79 Å². The zero-order valence-corrected chi connectivity index (χ0v) is 5.11. The fourth-order valence-electron chi connectivity index (χ4n) is 0.107. The largest absolute Gasteiger partial charge is 0.350 e. The third kappa shape index (κ3) is 5.51. The number of carbonyl (C=O) groups excluding carboxylic acids is 1. The lowest BCUT2D eigenvalue weighted by Crippen LogP contribution is -2.24. The van der Waals surface area contributed by atoms with E-state index in [0.717, 1.165) is 0 Å². The molecule has 0 heterocycles. The first-order valence-electron chi connectivity index (χ1n) is 1.39. The van der Waals surface area contributed by atoms with Gasteiger partial charge in [0.05, 0.1) is 0 Å². The highest BCUT2D eigenvalue weighted by atomic mass is 35.7. The zero-order valence-electron chi connectivity index (χ0n) is 3.54. The summed E-state index contributed by atoms with van der Waals surface area (Å²) < 4.78 is 21.8. The standard InChI is InChI=1S/CH2ClN2O3S/c2-8(6,7)4-1(3)5/h(H2,3,5). The van der Waals surface area contributed by atoms with Crippen LogP contribution in [0.25, 0.3) is 0 Å². The maximum absolute atomic E-state index is 9.74. The van der Waals surface area contributed by atoms with E-state index in [2.05, 4.69) is 21.1 Å². The Morgan fingerprint density at radius 1 is 1.62 bits per heavy atom. The third-order valence-electron chi connectivity index (χ3n) is 0.199. The Morgan fingerprint density at radius 3 is 2.00 bits per heavy atom. The number of carbonyl (C=O) groups is 1. The first-order valence-corrected chi connectivity index (χ1v) is 3.65. The highest BCUT2D eigenvalue weighted by molar-refractivity contribution is 8.12. The van der Waals surface area contributed by atoms with Crippen LogP contribution < -0.4 is 10.5 Å². The van der Waals surface area contributed by atoms with Crippen molar-refractivity contribution in [1.82, 2.24) is 4.72 Å². The van der Waals surface area contributed by atoms with Gasteiger partial charge in [0.1, 0.15) is 0 Å². The van der Waals surface area contributed by atoms with Crippen LogP contribution in [0.4, 0.5) is 4.79 Å². The summed E-state index contributed by atoms with van der Waals surface area (Å²) in [5.41, 5.74) is 4.31. The van der Waals surface area contributed by atoms with E-state index in [4.69, 9.17) is 0 Å². The summed E-state index contributed by atoms with van der Waals surface area (Å²) in [5, 5.41) is 0. The van der Waals surface area contributed by atoms with Gasteiger partial charge in [-0.3, -0.25) is 0 Å². The average molecular weight is 158 g/mol. The Bertz CT molecular complexity index is 183. The smallest absolute Gasteiger partial charge is 0.349 e. The van der Waals surface area contributed by atoms with E-state index in [1.807, 2.05) is 0 Å². The van der Waals surface area contributed by atoms with E-state index >= 15 is 0 Å². The van der Waals surface area contributed by atoms with Crippen LogP contribution in [-0.4, -0.2) is 14.4 Å². The Balaban J connectivity index is 3.95. The van der Waals surface area contributed by atoms with Crippen LogP contribution in [0.15, 0.2) is 0 Å². The van der Waals surface area contributed by atoms with E-state index in [9.17, 15) is 13.2 Å². The molecular weight excluding hydrogens is 156 g/mol. The maximum Gasteiger partial charge on any atom is 0.350 e. The molecular formula is CH2ClN2O3S. The van der Waals surface area contributed by atoms with Crippen LogP contribution in [0.3, 0.4) is 0 Å². The monoisotopic (exact) mass is 157 g/mol. The Hall–Kier alpha value is -0.490. The second-order valence-electron chi connectivity index (χ2n) is 0.842. The number of amides is 2. The summed E-state index contributed by atoms with van der Waals surface area (Å²) in [4.78, 5) is 9.61. The molecule has 0 aromatic carbocycles. The minimum Gasteiger partial charge on any atom is -0.349 e. The molecule has 0 aliphatic heterocycles. The quantitative estimate of drug-likeness (QED) is 0.503. The van der Waals surface area contributed by atoms with Crippen LogP contribution in [-0.2, 0) is 9.24 Å². The van der Waals surface area contributed by atoms with Crippen molar-refractivity contribution in [3.05, 3.63) is 0 Å². The molecule has 0 saturated heterocycles. The summed E-state index contributed by atoms with van der Waals surface area (Å²) in [5.74, 6) is 0. The van der Waals surface area contributed by atoms with Crippen LogP contribution >= 0.6 is 10.7 Å². The Kier molecular flexibility index (Phi) is 2.05. The minimum absolute atomic E-state index is 1.32. The molecule has 2 N–H and O–H groups in total. The van der Waals surface area contributed by atoms with Crippen molar-refractivity contribution in [2.45, 2.75) is 0 Å². The Labute approximate surface area is 50.4 Å². The van der Waals surface area contributed by atoms with Crippen LogP contribution in [0.5, 0.6) is 0 Å². The number of rotatable bonds is 1. The number of nitrogens with two attached hydrogens (primary N) is 1. The molecule has 0 spiro atoms. The van der Waals surface area contributed by atoms with Crippen molar-refractivity contribution in [3.8, 4) is 0 Å². The summed E-state index contributed by atoms with van der Waals surface area (Å²) in [6, 6.07) is -1.32. The fourth-order valence-corrected chi connectivity index (χ4v) is 0.526. The second-order valence-corrected chi connectivity index (χ2v) is 3.02. The lowest BCUT2D eigenvalue weighted by Gasteiger charge is -1.85. The van der Waals surface area contributed by atoms with Crippen LogP contribution in [0.2, 0.25) is 0 Å². The van der Waals surface area contributed by atoms with Gasteiger partial charge < -0.3 is 5.73 Å². The topological polar surface area (TPSA) is 91.3 Å². The predicted octanol–water partition coefficient (Wildman–Crippen LogP) is -0.847. The lowest BCUT2D eigenvalue weighted by atomic mass is 11.2. The highest BCUT2D eigenvalue weighted by Crippen LogP contribution is 1.89. The van der Waals surface area contributed by atoms with Crippen LogP contribution in [0.1, 0.15) is 0 Å². The average Bonchev–Trinajstić information content (AvgIpc) is 1.21. The molecule has 47 valence electrons. The minimum atomic E-state index is -4.10. The number of nitrogens with zero attached hydrogens (tertiary/aromatic N) is 1. The van der Waals surface area contributed by atoms with Crippen molar-refractivity contribution in [2.24, 2.45) is 5.73 Å². The van der Waals surface area contributed by atoms with Crippen molar-refractivity contribution in [3.63, 3.8) is 0 Å². The number of urea groups is 1. The molecule has 0 fully saturated rings. The number of hydrogen-bond acceptors (Lipinski definition) is 3. The van der Waals surface area contributed by atoms with Crippen molar-refractivity contribution in [1.29, 1.82) is 0 Å². The van der Waals surface area contributed by atoms with Gasteiger partial charge in [-0.15, -0.1) is 0 Å². The van der Waals surface area contributed by atoms with Gasteiger partial charge in [0.15, 0.2) is 0 Å². The fraction of sp³-hybridized carbons (Fsp3) is 0. The van der Waals surface area contributed by atoms with E-state index < -0.39 is 15.3 Å². The highest BCUT2D eigenvalue weighted by Gasteiger charge is 2.08. The lowest BCUT2D eigenvalue weighted by molar-refractivity contribution is 0.253. The molecule has 0 rings (SSSR count). The molecule has 0 unspecified atom stereocenters. The Morgan fingerprint density at radius 2 is 2.00 bits per heavy atom. The van der Waals surface area contributed by atoms with E-state index in [0.29, 0.717) is 0 Å². The van der Waals surface area contributed by atoms with E-state index in [1.165, 1.54) is 0 Å². The molecule has 0 aromatic rings.